The van der Waals surface area contributed by atoms with Gasteiger partial charge in [0.05, 0.1) is 11.5 Å². The number of rotatable bonds is 1. The number of ether oxygens (including phenoxy) is 1. The number of hydrogen-bond donors (Lipinski definition) is 2. The molecule has 0 spiro atoms. The zero-order valence-electron chi connectivity index (χ0n) is 13.4. The first-order valence-corrected chi connectivity index (χ1v) is 7.73. The molecule has 1 aliphatic heterocycles. The molecule has 2 aromatic rings. The molecule has 3 N–H and O–H groups in total. The number of nitrogens with zero attached hydrogens (tertiary/aromatic N) is 2. The van der Waals surface area contributed by atoms with E-state index in [-0.39, 0.29) is 33.3 Å². The second kappa shape index (κ2) is 5.53. The third kappa shape index (κ3) is 2.42. The van der Waals surface area contributed by atoms with Gasteiger partial charge in [0.15, 0.2) is 0 Å². The van der Waals surface area contributed by atoms with E-state index in [2.05, 4.69) is 10.2 Å². The SMILES string of the molecule is CC(C)(C)c1[nH]nc2c1[C@H](c1c(F)cccc1Cl)C(C#N)=C(N)O2. The smallest absolute Gasteiger partial charge is 0.244 e. The second-order valence-corrected chi connectivity index (χ2v) is 7.03. The minimum atomic E-state index is -0.777. The van der Waals surface area contributed by atoms with E-state index in [0.29, 0.717) is 5.56 Å². The van der Waals surface area contributed by atoms with E-state index in [0.717, 1.165) is 5.69 Å². The van der Waals surface area contributed by atoms with Crippen molar-refractivity contribution in [3.05, 3.63) is 57.3 Å². The number of allylic oxidation sites excluding steroid dienone is 1. The van der Waals surface area contributed by atoms with Gasteiger partial charge in [-0.1, -0.05) is 38.4 Å². The summed E-state index contributed by atoms with van der Waals surface area (Å²) in [5.74, 6) is -1.15. The van der Waals surface area contributed by atoms with E-state index >= 15 is 0 Å². The van der Waals surface area contributed by atoms with Crippen LogP contribution in [-0.2, 0) is 5.41 Å². The summed E-state index contributed by atoms with van der Waals surface area (Å²) >= 11 is 6.25. The fourth-order valence-corrected chi connectivity index (χ4v) is 3.16. The molecule has 0 saturated carbocycles. The van der Waals surface area contributed by atoms with Gasteiger partial charge in [-0.2, -0.15) is 5.26 Å². The molecule has 124 valence electrons. The van der Waals surface area contributed by atoms with Gasteiger partial charge < -0.3 is 10.5 Å². The summed E-state index contributed by atoms with van der Waals surface area (Å²) in [7, 11) is 0. The van der Waals surface area contributed by atoms with Crippen LogP contribution in [-0.4, -0.2) is 10.2 Å². The molecule has 0 unspecified atom stereocenters. The molecule has 0 aliphatic carbocycles. The van der Waals surface area contributed by atoms with Crippen molar-refractivity contribution >= 4 is 11.6 Å². The van der Waals surface area contributed by atoms with Crippen LogP contribution < -0.4 is 10.5 Å². The number of H-pyrrole nitrogens is 1. The van der Waals surface area contributed by atoms with Crippen LogP contribution in [0.3, 0.4) is 0 Å². The van der Waals surface area contributed by atoms with Crippen LogP contribution in [0, 0.1) is 17.1 Å². The minimum Gasteiger partial charge on any atom is -0.420 e. The van der Waals surface area contributed by atoms with E-state index in [1.807, 2.05) is 26.8 Å². The summed E-state index contributed by atoms with van der Waals surface area (Å²) in [6, 6.07) is 6.43. The molecule has 1 aromatic heterocycles. The number of hydrogen-bond acceptors (Lipinski definition) is 4. The van der Waals surface area contributed by atoms with E-state index in [1.165, 1.54) is 12.1 Å². The highest BCUT2D eigenvalue weighted by molar-refractivity contribution is 6.31. The van der Waals surface area contributed by atoms with Crippen molar-refractivity contribution in [3.8, 4) is 11.9 Å². The molecule has 24 heavy (non-hydrogen) atoms. The number of nitriles is 1. The molecule has 2 heterocycles. The standard InChI is InChI=1S/C17H16ClFN4O/c1-17(2,3)14-13-11(12-9(18)5-4-6-10(12)19)8(7-20)15(21)24-16(13)23-22-14/h4-6,11H,21H2,1-3H3,(H,22,23)/t11-/m0/s1. The molecule has 7 heteroatoms. The van der Waals surface area contributed by atoms with E-state index in [9.17, 15) is 9.65 Å². The molecule has 1 aromatic carbocycles. The molecule has 1 aliphatic rings. The van der Waals surface area contributed by atoms with Crippen molar-refractivity contribution in [1.29, 1.82) is 5.26 Å². The topological polar surface area (TPSA) is 87.7 Å². The van der Waals surface area contributed by atoms with Gasteiger partial charge in [-0.15, -0.1) is 5.10 Å². The summed E-state index contributed by atoms with van der Waals surface area (Å²) in [4.78, 5) is 0. The van der Waals surface area contributed by atoms with Crippen LogP contribution in [0.1, 0.15) is 43.5 Å². The molecule has 0 bridgehead atoms. The monoisotopic (exact) mass is 346 g/mol. The Morgan fingerprint density at radius 1 is 1.38 bits per heavy atom. The van der Waals surface area contributed by atoms with Crippen LogP contribution >= 0.6 is 11.6 Å². The molecule has 0 fully saturated rings. The second-order valence-electron chi connectivity index (χ2n) is 6.63. The summed E-state index contributed by atoms with van der Waals surface area (Å²) < 4.78 is 20.0. The third-order valence-corrected chi connectivity index (χ3v) is 4.31. The highest BCUT2D eigenvalue weighted by atomic mass is 35.5. The van der Waals surface area contributed by atoms with E-state index in [4.69, 9.17) is 22.1 Å². The van der Waals surface area contributed by atoms with Gasteiger partial charge in [-0.05, 0) is 12.1 Å². The van der Waals surface area contributed by atoms with Gasteiger partial charge in [0.1, 0.15) is 17.5 Å². The van der Waals surface area contributed by atoms with Gasteiger partial charge in [-0.3, -0.25) is 5.10 Å². The first-order valence-electron chi connectivity index (χ1n) is 7.36. The summed E-state index contributed by atoms with van der Waals surface area (Å²) in [5.41, 5.74) is 7.16. The Hall–Kier alpha value is -2.52. The lowest BCUT2D eigenvalue weighted by atomic mass is 9.78. The maximum atomic E-state index is 14.6. The van der Waals surface area contributed by atoms with Gasteiger partial charge in [0.25, 0.3) is 0 Å². The molecule has 0 radical (unpaired) electrons. The molecule has 0 amide bonds. The minimum absolute atomic E-state index is 0.0960. The number of nitrogens with one attached hydrogen (secondary N) is 1. The third-order valence-electron chi connectivity index (χ3n) is 3.98. The Bertz CT molecular complexity index is 869. The fraction of sp³-hybridized carbons (Fsp3) is 0.294. The molecule has 0 saturated heterocycles. The molecule has 5 nitrogen and oxygen atoms in total. The van der Waals surface area contributed by atoms with Gasteiger partial charge >= 0.3 is 0 Å². The average molecular weight is 347 g/mol. The Kier molecular flexibility index (Phi) is 3.77. The molecule has 3 rings (SSSR count). The van der Waals surface area contributed by atoms with Crippen molar-refractivity contribution in [2.24, 2.45) is 5.73 Å². The van der Waals surface area contributed by atoms with Crippen LogP contribution in [0.5, 0.6) is 5.88 Å². The van der Waals surface area contributed by atoms with Gasteiger partial charge in [0.2, 0.25) is 11.8 Å². The lowest BCUT2D eigenvalue weighted by Gasteiger charge is -2.28. The summed E-state index contributed by atoms with van der Waals surface area (Å²) in [6.45, 7) is 5.94. The average Bonchev–Trinajstić information content (AvgIpc) is 2.90. The number of nitrogens with two attached hydrogens (primary N) is 1. The highest BCUT2D eigenvalue weighted by Gasteiger charge is 2.39. The van der Waals surface area contributed by atoms with Gasteiger partial charge in [-0.25, -0.2) is 4.39 Å². The van der Waals surface area contributed by atoms with Crippen molar-refractivity contribution < 1.29 is 9.13 Å². The normalized spacial score (nSPS) is 17.2. The van der Waals surface area contributed by atoms with Crippen LogP contribution in [0.15, 0.2) is 29.7 Å². The van der Waals surface area contributed by atoms with Crippen molar-refractivity contribution in [2.75, 3.05) is 0 Å². The van der Waals surface area contributed by atoms with E-state index in [1.54, 1.807) is 6.07 Å². The van der Waals surface area contributed by atoms with Crippen LogP contribution in [0.2, 0.25) is 5.02 Å². The Morgan fingerprint density at radius 2 is 2.08 bits per heavy atom. The number of aromatic amines is 1. The largest absolute Gasteiger partial charge is 0.420 e. The lowest BCUT2D eigenvalue weighted by Crippen LogP contribution is -2.24. The lowest BCUT2D eigenvalue weighted by molar-refractivity contribution is 0.377. The number of benzene rings is 1. The first-order chi connectivity index (χ1) is 11.3. The van der Waals surface area contributed by atoms with Crippen molar-refractivity contribution in [2.45, 2.75) is 32.1 Å². The predicted molar refractivity (Wildman–Crippen MR) is 88.0 cm³/mol. The summed E-state index contributed by atoms with van der Waals surface area (Å²) in [5, 5.41) is 16.9. The zero-order chi connectivity index (χ0) is 17.6. The van der Waals surface area contributed by atoms with Gasteiger partial charge in [0, 0.05) is 21.7 Å². The fourth-order valence-electron chi connectivity index (χ4n) is 2.89. The van der Waals surface area contributed by atoms with Crippen molar-refractivity contribution in [3.63, 3.8) is 0 Å². The highest BCUT2D eigenvalue weighted by Crippen LogP contribution is 2.47. The summed E-state index contributed by atoms with van der Waals surface area (Å²) in [6.07, 6.45) is 0. The zero-order valence-corrected chi connectivity index (χ0v) is 14.2. The maximum absolute atomic E-state index is 14.6. The van der Waals surface area contributed by atoms with Crippen LogP contribution in [0.25, 0.3) is 0 Å². The quantitative estimate of drug-likeness (QED) is 0.823. The Balaban J connectivity index is 2.36. The number of halogens is 2. The Morgan fingerprint density at radius 3 is 2.67 bits per heavy atom. The number of aromatic nitrogens is 2. The maximum Gasteiger partial charge on any atom is 0.244 e. The first kappa shape index (κ1) is 16.3. The Labute approximate surface area is 143 Å². The van der Waals surface area contributed by atoms with E-state index < -0.39 is 11.7 Å². The van der Waals surface area contributed by atoms with Crippen LogP contribution in [0.4, 0.5) is 4.39 Å². The molecular formula is C17H16ClFN4O. The number of fused-ring (bicyclic) bond motifs is 1. The molecule has 1 atom stereocenters. The molecular weight excluding hydrogens is 331 g/mol. The predicted octanol–water partition coefficient (Wildman–Crippen LogP) is 3.72. The van der Waals surface area contributed by atoms with Crippen molar-refractivity contribution in [1.82, 2.24) is 10.2 Å².